The summed E-state index contributed by atoms with van der Waals surface area (Å²) < 4.78 is 9.33. The molecule has 0 bridgehead atoms. The topological polar surface area (TPSA) is 61.0 Å². The van der Waals surface area contributed by atoms with E-state index in [9.17, 15) is 0 Å². The van der Waals surface area contributed by atoms with Gasteiger partial charge in [0.15, 0.2) is 0 Å². The number of ether oxygens (including phenoxy) is 1. The van der Waals surface area contributed by atoms with E-state index in [1.54, 1.807) is 0 Å². The minimum absolute atomic E-state index is 0.368. The van der Waals surface area contributed by atoms with Gasteiger partial charge in [0.25, 0.3) is 0 Å². The van der Waals surface area contributed by atoms with E-state index < -0.39 is 0 Å². The van der Waals surface area contributed by atoms with Crippen LogP contribution in [-0.2, 0) is 6.61 Å². The Bertz CT molecular complexity index is 455. The summed E-state index contributed by atoms with van der Waals surface area (Å²) in [4.78, 5) is 0. The van der Waals surface area contributed by atoms with E-state index in [0.29, 0.717) is 17.3 Å². The van der Waals surface area contributed by atoms with Crippen LogP contribution in [0.5, 0.6) is 5.75 Å². The largest absolute Gasteiger partial charge is 0.487 e. The maximum atomic E-state index is 5.66. The Hall–Kier alpha value is -1.62. The molecule has 1 heterocycles. The van der Waals surface area contributed by atoms with Crippen molar-refractivity contribution in [3.8, 4) is 5.75 Å². The van der Waals surface area contributed by atoms with Gasteiger partial charge in [-0.2, -0.15) is 0 Å². The van der Waals surface area contributed by atoms with E-state index in [1.807, 2.05) is 31.2 Å². The standard InChI is InChI=1S/C10H11N3OS/c1-7-4-2-3-5-9(7)14-6-8-10(11)15-13-12-8/h2-5H,6,11H2,1H3. The zero-order valence-electron chi connectivity index (χ0n) is 8.30. The van der Waals surface area contributed by atoms with Gasteiger partial charge >= 0.3 is 0 Å². The quantitative estimate of drug-likeness (QED) is 0.861. The highest BCUT2D eigenvalue weighted by molar-refractivity contribution is 7.09. The first-order chi connectivity index (χ1) is 7.27. The summed E-state index contributed by atoms with van der Waals surface area (Å²) >= 11 is 1.18. The summed E-state index contributed by atoms with van der Waals surface area (Å²) in [6.45, 7) is 2.37. The summed E-state index contributed by atoms with van der Waals surface area (Å²) in [7, 11) is 0. The molecule has 2 rings (SSSR count). The third kappa shape index (κ3) is 2.24. The monoisotopic (exact) mass is 221 g/mol. The van der Waals surface area contributed by atoms with Crippen LogP contribution < -0.4 is 10.5 Å². The fourth-order valence-corrected chi connectivity index (χ4v) is 1.61. The van der Waals surface area contributed by atoms with Crippen molar-refractivity contribution in [3.63, 3.8) is 0 Å². The van der Waals surface area contributed by atoms with Crippen LogP contribution in [0.25, 0.3) is 0 Å². The number of nitrogens with zero attached hydrogens (tertiary/aromatic N) is 2. The van der Waals surface area contributed by atoms with Crippen LogP contribution in [0.15, 0.2) is 24.3 Å². The van der Waals surface area contributed by atoms with Crippen LogP contribution in [0.4, 0.5) is 5.00 Å². The molecule has 2 N–H and O–H groups in total. The van der Waals surface area contributed by atoms with Gasteiger partial charge < -0.3 is 10.5 Å². The predicted octanol–water partition coefficient (Wildman–Crippen LogP) is 2.01. The molecule has 78 valence electrons. The molecular formula is C10H11N3OS. The number of benzene rings is 1. The van der Waals surface area contributed by atoms with Crippen LogP contribution >= 0.6 is 11.5 Å². The summed E-state index contributed by atoms with van der Waals surface area (Å²) in [6, 6.07) is 7.83. The van der Waals surface area contributed by atoms with Crippen molar-refractivity contribution < 1.29 is 4.74 Å². The Labute approximate surface area is 91.9 Å². The van der Waals surface area contributed by atoms with E-state index >= 15 is 0 Å². The Morgan fingerprint density at radius 1 is 1.40 bits per heavy atom. The number of aryl methyl sites for hydroxylation is 1. The minimum atomic E-state index is 0.368. The van der Waals surface area contributed by atoms with Gasteiger partial charge in [-0.3, -0.25) is 0 Å². The van der Waals surface area contributed by atoms with Crippen molar-refractivity contribution in [1.29, 1.82) is 0 Å². The summed E-state index contributed by atoms with van der Waals surface area (Å²) in [5.74, 6) is 0.852. The number of nitrogen functional groups attached to an aromatic ring is 1. The molecule has 15 heavy (non-hydrogen) atoms. The number of nitrogens with two attached hydrogens (primary N) is 1. The highest BCUT2D eigenvalue weighted by Crippen LogP contribution is 2.19. The molecule has 0 fully saturated rings. The molecule has 4 nitrogen and oxygen atoms in total. The second-order valence-corrected chi connectivity index (χ2v) is 3.92. The molecule has 0 saturated heterocycles. The average Bonchev–Trinajstić information content (AvgIpc) is 2.63. The van der Waals surface area contributed by atoms with Gasteiger partial charge in [0.1, 0.15) is 23.1 Å². The van der Waals surface area contributed by atoms with Gasteiger partial charge in [0.2, 0.25) is 0 Å². The number of hydrogen-bond donors (Lipinski definition) is 1. The molecule has 0 unspecified atom stereocenters. The van der Waals surface area contributed by atoms with Crippen molar-refractivity contribution in [2.45, 2.75) is 13.5 Å². The zero-order valence-corrected chi connectivity index (χ0v) is 9.12. The molecule has 1 aromatic heterocycles. The number of anilines is 1. The molecule has 0 aliphatic carbocycles. The summed E-state index contributed by atoms with van der Waals surface area (Å²) in [6.07, 6.45) is 0. The third-order valence-electron chi connectivity index (χ3n) is 2.04. The van der Waals surface area contributed by atoms with Crippen LogP contribution in [0, 0.1) is 6.92 Å². The van der Waals surface area contributed by atoms with Gasteiger partial charge in [0.05, 0.1) is 0 Å². The van der Waals surface area contributed by atoms with Crippen LogP contribution in [0.2, 0.25) is 0 Å². The molecule has 0 saturated carbocycles. The van der Waals surface area contributed by atoms with Crippen molar-refractivity contribution in [3.05, 3.63) is 35.5 Å². The van der Waals surface area contributed by atoms with Gasteiger partial charge in [-0.05, 0) is 18.6 Å². The first-order valence-electron chi connectivity index (χ1n) is 4.52. The Balaban J connectivity index is 2.06. The predicted molar refractivity (Wildman–Crippen MR) is 59.8 cm³/mol. The first-order valence-corrected chi connectivity index (χ1v) is 5.30. The van der Waals surface area contributed by atoms with Crippen molar-refractivity contribution >= 4 is 16.5 Å². The SMILES string of the molecule is Cc1ccccc1OCc1nnsc1N. The fourth-order valence-electron chi connectivity index (χ4n) is 1.18. The molecule has 0 atom stereocenters. The van der Waals surface area contributed by atoms with Crippen LogP contribution in [0.3, 0.4) is 0 Å². The molecule has 0 aliphatic rings. The highest BCUT2D eigenvalue weighted by atomic mass is 32.1. The number of hydrogen-bond acceptors (Lipinski definition) is 5. The third-order valence-corrected chi connectivity index (χ3v) is 2.64. The first kappa shape index (κ1) is 9.92. The molecule has 0 amide bonds. The van der Waals surface area contributed by atoms with Gasteiger partial charge in [-0.25, -0.2) is 0 Å². The Morgan fingerprint density at radius 2 is 2.20 bits per heavy atom. The lowest BCUT2D eigenvalue weighted by molar-refractivity contribution is 0.300. The van der Waals surface area contributed by atoms with Crippen molar-refractivity contribution in [1.82, 2.24) is 9.59 Å². The molecule has 5 heteroatoms. The van der Waals surface area contributed by atoms with E-state index in [0.717, 1.165) is 11.3 Å². The fraction of sp³-hybridized carbons (Fsp3) is 0.200. The lowest BCUT2D eigenvalue weighted by Gasteiger charge is -2.06. The van der Waals surface area contributed by atoms with Gasteiger partial charge in [0, 0.05) is 11.5 Å². The van der Waals surface area contributed by atoms with Crippen LogP contribution in [0.1, 0.15) is 11.3 Å². The maximum absolute atomic E-state index is 5.66. The molecular weight excluding hydrogens is 210 g/mol. The van der Waals surface area contributed by atoms with Gasteiger partial charge in [-0.15, -0.1) is 5.10 Å². The minimum Gasteiger partial charge on any atom is -0.487 e. The Kier molecular flexibility index (Phi) is 2.82. The smallest absolute Gasteiger partial charge is 0.136 e. The average molecular weight is 221 g/mol. The number of rotatable bonds is 3. The van der Waals surface area contributed by atoms with E-state index in [2.05, 4.69) is 9.59 Å². The van der Waals surface area contributed by atoms with Crippen molar-refractivity contribution in [2.75, 3.05) is 5.73 Å². The Morgan fingerprint density at radius 3 is 2.87 bits per heavy atom. The zero-order chi connectivity index (χ0) is 10.7. The number of para-hydroxylation sites is 1. The molecule has 1 aromatic carbocycles. The summed E-state index contributed by atoms with van der Waals surface area (Å²) in [5.41, 5.74) is 7.45. The van der Waals surface area contributed by atoms with E-state index in [4.69, 9.17) is 10.5 Å². The lowest BCUT2D eigenvalue weighted by atomic mass is 10.2. The van der Waals surface area contributed by atoms with E-state index in [1.165, 1.54) is 11.5 Å². The number of aromatic nitrogens is 2. The van der Waals surface area contributed by atoms with Crippen LogP contribution in [-0.4, -0.2) is 9.59 Å². The lowest BCUT2D eigenvalue weighted by Crippen LogP contribution is -2.00. The van der Waals surface area contributed by atoms with Gasteiger partial charge in [-0.1, -0.05) is 22.7 Å². The second-order valence-electron chi connectivity index (χ2n) is 3.14. The normalized spacial score (nSPS) is 10.2. The molecule has 2 aromatic rings. The summed E-state index contributed by atoms with van der Waals surface area (Å²) in [5, 5.41) is 4.49. The molecule has 0 spiro atoms. The molecule has 0 aliphatic heterocycles. The maximum Gasteiger partial charge on any atom is 0.136 e. The second kappa shape index (κ2) is 4.27. The highest BCUT2D eigenvalue weighted by Gasteiger charge is 2.05. The molecule has 0 radical (unpaired) electrons. The van der Waals surface area contributed by atoms with E-state index in [-0.39, 0.29) is 0 Å². The van der Waals surface area contributed by atoms with Crippen molar-refractivity contribution in [2.24, 2.45) is 0 Å².